The van der Waals surface area contributed by atoms with Crippen LogP contribution in [0.4, 0.5) is 4.79 Å². The zero-order valence-corrected chi connectivity index (χ0v) is 13.9. The minimum absolute atomic E-state index is 0.0469. The van der Waals surface area contributed by atoms with E-state index in [1.54, 1.807) is 33.8 Å². The van der Waals surface area contributed by atoms with E-state index < -0.39 is 29.6 Å². The third kappa shape index (κ3) is 5.98. The molecular formula is C16H22N2O5. The van der Waals surface area contributed by atoms with Gasteiger partial charge in [0.15, 0.2) is 6.10 Å². The van der Waals surface area contributed by atoms with E-state index in [0.717, 1.165) is 5.56 Å². The molecule has 0 unspecified atom stereocenters. The number of phenolic OH excluding ortho intramolecular Hbond substituents is 1. The molecule has 7 nitrogen and oxygen atoms in total. The molecule has 7 heteroatoms. The highest BCUT2D eigenvalue weighted by atomic mass is 16.5. The summed E-state index contributed by atoms with van der Waals surface area (Å²) in [4.78, 5) is 35.4. The highest BCUT2D eigenvalue weighted by Gasteiger charge is 2.23. The Morgan fingerprint density at radius 3 is 2.35 bits per heavy atom. The van der Waals surface area contributed by atoms with Crippen LogP contribution in [0.2, 0.25) is 0 Å². The molecule has 0 radical (unpaired) electrons. The van der Waals surface area contributed by atoms with Gasteiger partial charge in [-0.25, -0.2) is 9.59 Å². The fourth-order valence-electron chi connectivity index (χ4n) is 1.68. The Bertz CT molecular complexity index is 619. The van der Waals surface area contributed by atoms with E-state index in [0.29, 0.717) is 0 Å². The van der Waals surface area contributed by atoms with Gasteiger partial charge in [0.1, 0.15) is 11.3 Å². The van der Waals surface area contributed by atoms with Crippen LogP contribution in [0.15, 0.2) is 18.2 Å². The molecule has 0 aliphatic carbocycles. The largest absolute Gasteiger partial charge is 0.507 e. The summed E-state index contributed by atoms with van der Waals surface area (Å²) in [5.74, 6) is -1.83. The van der Waals surface area contributed by atoms with E-state index in [9.17, 15) is 19.5 Å². The lowest BCUT2D eigenvalue weighted by Gasteiger charge is -2.21. The second-order valence-electron chi connectivity index (χ2n) is 6.26. The molecule has 3 N–H and O–H groups in total. The van der Waals surface area contributed by atoms with Gasteiger partial charge in [0.05, 0.1) is 0 Å². The molecule has 126 valence electrons. The Balaban J connectivity index is 2.64. The molecule has 0 saturated heterocycles. The fourth-order valence-corrected chi connectivity index (χ4v) is 1.68. The number of carbonyl (C=O) groups excluding carboxylic acids is 3. The number of aryl methyl sites for hydroxylation is 1. The average Bonchev–Trinajstić information content (AvgIpc) is 2.35. The monoisotopic (exact) mass is 322 g/mol. The van der Waals surface area contributed by atoms with Crippen molar-refractivity contribution >= 4 is 17.9 Å². The second-order valence-corrected chi connectivity index (χ2v) is 6.26. The average molecular weight is 322 g/mol. The number of ether oxygens (including phenoxy) is 1. The van der Waals surface area contributed by atoms with Crippen LogP contribution < -0.4 is 10.6 Å². The molecular weight excluding hydrogens is 300 g/mol. The molecule has 1 aromatic rings. The maximum Gasteiger partial charge on any atom is 0.342 e. The van der Waals surface area contributed by atoms with Gasteiger partial charge >= 0.3 is 12.0 Å². The first-order chi connectivity index (χ1) is 10.5. The Morgan fingerprint density at radius 1 is 1.22 bits per heavy atom. The Morgan fingerprint density at radius 2 is 1.83 bits per heavy atom. The minimum Gasteiger partial charge on any atom is -0.507 e. The first-order valence-electron chi connectivity index (χ1n) is 7.13. The quantitative estimate of drug-likeness (QED) is 0.737. The second kappa shape index (κ2) is 7.13. The molecule has 1 aromatic carbocycles. The van der Waals surface area contributed by atoms with Crippen molar-refractivity contribution in [2.45, 2.75) is 46.3 Å². The third-order valence-corrected chi connectivity index (χ3v) is 2.75. The minimum atomic E-state index is -1.19. The predicted molar refractivity (Wildman–Crippen MR) is 84.1 cm³/mol. The van der Waals surface area contributed by atoms with Gasteiger partial charge in [-0.2, -0.15) is 0 Å². The standard InChI is InChI=1S/C16H22N2O5/c1-9-6-7-11(12(19)8-9)14(21)23-10(2)13(20)17-15(22)18-16(3,4)5/h6-8,10,19H,1-5H3,(H2,17,18,20,22)/t10-/m1/s1. The number of phenols is 1. The first-order valence-corrected chi connectivity index (χ1v) is 7.13. The molecule has 0 aliphatic heterocycles. The van der Waals surface area contributed by atoms with Crippen LogP contribution in [-0.4, -0.2) is 34.7 Å². The molecule has 0 saturated carbocycles. The number of nitrogens with one attached hydrogen (secondary N) is 2. The van der Waals surface area contributed by atoms with Crippen molar-refractivity contribution < 1.29 is 24.2 Å². The normalized spacial score (nSPS) is 12.2. The summed E-state index contributed by atoms with van der Waals surface area (Å²) in [7, 11) is 0. The van der Waals surface area contributed by atoms with Gasteiger partial charge in [0, 0.05) is 5.54 Å². The van der Waals surface area contributed by atoms with E-state index in [1.165, 1.54) is 19.1 Å². The smallest absolute Gasteiger partial charge is 0.342 e. The number of rotatable bonds is 3. The molecule has 0 aromatic heterocycles. The number of carbonyl (C=O) groups is 3. The van der Waals surface area contributed by atoms with Crippen LogP contribution in [0.5, 0.6) is 5.75 Å². The van der Waals surface area contributed by atoms with Gasteiger partial charge in [0.25, 0.3) is 5.91 Å². The van der Waals surface area contributed by atoms with Crippen LogP contribution in [0.3, 0.4) is 0 Å². The lowest BCUT2D eigenvalue weighted by Crippen LogP contribution is -2.50. The molecule has 0 spiro atoms. The van der Waals surface area contributed by atoms with Crippen molar-refractivity contribution in [2.75, 3.05) is 0 Å². The topological polar surface area (TPSA) is 105 Å². The Hall–Kier alpha value is -2.57. The Labute approximate surface area is 135 Å². The van der Waals surface area contributed by atoms with Crippen LogP contribution >= 0.6 is 0 Å². The van der Waals surface area contributed by atoms with Crippen LogP contribution in [0.1, 0.15) is 43.6 Å². The number of urea groups is 1. The number of hydrogen-bond donors (Lipinski definition) is 3. The highest BCUT2D eigenvalue weighted by molar-refractivity contribution is 5.99. The number of hydrogen-bond acceptors (Lipinski definition) is 5. The summed E-state index contributed by atoms with van der Waals surface area (Å²) in [5, 5.41) is 14.4. The third-order valence-electron chi connectivity index (χ3n) is 2.75. The van der Waals surface area contributed by atoms with Gasteiger partial charge in [-0.3, -0.25) is 10.1 Å². The molecule has 0 bridgehead atoms. The molecule has 0 fully saturated rings. The number of aromatic hydroxyl groups is 1. The van der Waals surface area contributed by atoms with Gasteiger partial charge in [-0.05, 0) is 52.3 Å². The molecule has 0 aliphatic rings. The number of imide groups is 1. The SMILES string of the molecule is Cc1ccc(C(=O)O[C@H](C)C(=O)NC(=O)NC(C)(C)C)c(O)c1. The van der Waals surface area contributed by atoms with E-state index in [1.807, 2.05) is 0 Å². The summed E-state index contributed by atoms with van der Waals surface area (Å²) >= 11 is 0. The Kier molecular flexibility index (Phi) is 5.73. The molecule has 1 rings (SSSR count). The van der Waals surface area contributed by atoms with Gasteiger partial charge in [-0.1, -0.05) is 6.07 Å². The zero-order chi connectivity index (χ0) is 17.8. The van der Waals surface area contributed by atoms with Crippen LogP contribution in [0.25, 0.3) is 0 Å². The van der Waals surface area contributed by atoms with Crippen LogP contribution in [-0.2, 0) is 9.53 Å². The lowest BCUT2D eigenvalue weighted by atomic mass is 10.1. The summed E-state index contributed by atoms with van der Waals surface area (Å²) in [6, 6.07) is 3.78. The summed E-state index contributed by atoms with van der Waals surface area (Å²) in [6.07, 6.45) is -1.19. The number of esters is 1. The summed E-state index contributed by atoms with van der Waals surface area (Å²) in [5.41, 5.74) is 0.232. The van der Waals surface area contributed by atoms with Crippen molar-refractivity contribution in [3.8, 4) is 5.75 Å². The molecule has 3 amide bonds. The van der Waals surface area contributed by atoms with Crippen molar-refractivity contribution in [2.24, 2.45) is 0 Å². The van der Waals surface area contributed by atoms with E-state index >= 15 is 0 Å². The number of benzene rings is 1. The lowest BCUT2D eigenvalue weighted by molar-refractivity contribution is -0.127. The molecule has 1 atom stereocenters. The fraction of sp³-hybridized carbons (Fsp3) is 0.438. The summed E-state index contributed by atoms with van der Waals surface area (Å²) < 4.78 is 4.96. The van der Waals surface area contributed by atoms with Crippen molar-refractivity contribution in [3.63, 3.8) is 0 Å². The maximum atomic E-state index is 11.9. The van der Waals surface area contributed by atoms with E-state index in [4.69, 9.17) is 4.74 Å². The van der Waals surface area contributed by atoms with Crippen molar-refractivity contribution in [3.05, 3.63) is 29.3 Å². The van der Waals surface area contributed by atoms with E-state index in [2.05, 4.69) is 10.6 Å². The molecule has 23 heavy (non-hydrogen) atoms. The van der Waals surface area contributed by atoms with Gasteiger partial charge in [0.2, 0.25) is 0 Å². The van der Waals surface area contributed by atoms with Crippen molar-refractivity contribution in [1.82, 2.24) is 10.6 Å². The predicted octanol–water partition coefficient (Wildman–Crippen LogP) is 1.87. The maximum absolute atomic E-state index is 11.9. The number of amides is 3. The highest BCUT2D eigenvalue weighted by Crippen LogP contribution is 2.19. The van der Waals surface area contributed by atoms with Gasteiger partial charge < -0.3 is 15.2 Å². The van der Waals surface area contributed by atoms with Crippen LogP contribution in [0, 0.1) is 6.92 Å². The van der Waals surface area contributed by atoms with Gasteiger partial charge in [-0.15, -0.1) is 0 Å². The zero-order valence-electron chi connectivity index (χ0n) is 13.9. The first kappa shape index (κ1) is 18.5. The molecule has 0 heterocycles. The van der Waals surface area contributed by atoms with Crippen molar-refractivity contribution in [1.29, 1.82) is 0 Å². The van der Waals surface area contributed by atoms with E-state index in [-0.39, 0.29) is 11.3 Å². The summed E-state index contributed by atoms with van der Waals surface area (Å²) in [6.45, 7) is 8.39.